The lowest BCUT2D eigenvalue weighted by atomic mass is 10.1. The topological polar surface area (TPSA) is 98.2 Å². The first-order valence-electron chi connectivity index (χ1n) is 10.3. The van der Waals surface area contributed by atoms with E-state index in [4.69, 9.17) is 8.94 Å². The number of sulfonamides is 1. The third-order valence-electron chi connectivity index (χ3n) is 5.38. The fraction of sp³-hybridized carbons (Fsp3) is 0.120. The van der Waals surface area contributed by atoms with Crippen molar-refractivity contribution in [1.29, 1.82) is 0 Å². The first kappa shape index (κ1) is 21.0. The van der Waals surface area contributed by atoms with Crippen molar-refractivity contribution in [3.8, 4) is 23.0 Å². The molecule has 5 rings (SSSR count). The molecule has 5 aromatic rings. The zero-order chi connectivity index (χ0) is 23.2. The van der Waals surface area contributed by atoms with E-state index >= 15 is 0 Å². The Kier molecular flexibility index (Phi) is 5.02. The van der Waals surface area contributed by atoms with Gasteiger partial charge < -0.3 is 8.94 Å². The molecule has 0 unspecified atom stereocenters. The molecule has 3 aromatic carbocycles. The van der Waals surface area contributed by atoms with Gasteiger partial charge in [0.05, 0.1) is 4.90 Å². The second-order valence-corrected chi connectivity index (χ2v) is 9.66. The van der Waals surface area contributed by atoms with E-state index in [-0.39, 0.29) is 10.8 Å². The lowest BCUT2D eigenvalue weighted by Gasteiger charge is -2.08. The van der Waals surface area contributed by atoms with Crippen molar-refractivity contribution in [2.75, 3.05) is 4.72 Å². The number of hydrogen-bond acceptors (Lipinski definition) is 6. The molecule has 166 valence electrons. The van der Waals surface area contributed by atoms with Gasteiger partial charge in [-0.15, -0.1) is 0 Å². The van der Waals surface area contributed by atoms with E-state index in [0.29, 0.717) is 28.2 Å². The predicted molar refractivity (Wildman–Crippen MR) is 126 cm³/mol. The van der Waals surface area contributed by atoms with Crippen molar-refractivity contribution in [2.45, 2.75) is 25.7 Å². The maximum atomic E-state index is 12.9. The third kappa shape index (κ3) is 4.01. The van der Waals surface area contributed by atoms with Crippen LogP contribution in [0.25, 0.3) is 34.0 Å². The molecule has 0 radical (unpaired) electrons. The van der Waals surface area contributed by atoms with Crippen LogP contribution in [0.3, 0.4) is 0 Å². The number of nitrogens with zero attached hydrogens (tertiary/aromatic N) is 2. The van der Waals surface area contributed by atoms with Crippen molar-refractivity contribution in [1.82, 2.24) is 10.1 Å². The minimum atomic E-state index is -3.77. The fourth-order valence-corrected chi connectivity index (χ4v) is 4.79. The van der Waals surface area contributed by atoms with Gasteiger partial charge in [-0.1, -0.05) is 41.1 Å². The van der Waals surface area contributed by atoms with Crippen LogP contribution in [0.4, 0.5) is 5.69 Å². The molecule has 0 aliphatic carbocycles. The molecule has 1 N–H and O–H groups in total. The van der Waals surface area contributed by atoms with Gasteiger partial charge in [0, 0.05) is 22.2 Å². The van der Waals surface area contributed by atoms with E-state index in [2.05, 4.69) is 14.9 Å². The Morgan fingerprint density at radius 2 is 1.64 bits per heavy atom. The number of furan rings is 1. The summed E-state index contributed by atoms with van der Waals surface area (Å²) in [7, 11) is -3.77. The molecule has 0 bridgehead atoms. The Bertz CT molecular complexity index is 1600. The lowest BCUT2D eigenvalue weighted by Crippen LogP contribution is -2.12. The average Bonchev–Trinajstić information content (AvgIpc) is 3.38. The van der Waals surface area contributed by atoms with Gasteiger partial charge in [-0.3, -0.25) is 4.72 Å². The van der Waals surface area contributed by atoms with Crippen molar-refractivity contribution in [3.05, 3.63) is 83.4 Å². The number of rotatable bonds is 5. The molecule has 0 spiro atoms. The third-order valence-corrected chi connectivity index (χ3v) is 6.76. The maximum Gasteiger partial charge on any atom is 0.294 e. The van der Waals surface area contributed by atoms with Gasteiger partial charge in [0.25, 0.3) is 15.9 Å². The molecular formula is C25H21N3O4S. The number of hydrogen-bond donors (Lipinski definition) is 1. The molecule has 0 saturated carbocycles. The van der Waals surface area contributed by atoms with Crippen LogP contribution >= 0.6 is 0 Å². The molecule has 2 heterocycles. The van der Waals surface area contributed by atoms with Crippen LogP contribution in [0, 0.1) is 20.8 Å². The van der Waals surface area contributed by atoms with E-state index in [1.807, 2.05) is 51.1 Å². The van der Waals surface area contributed by atoms with Crippen LogP contribution in [-0.2, 0) is 10.0 Å². The molecule has 0 atom stereocenters. The highest BCUT2D eigenvalue weighted by molar-refractivity contribution is 7.92. The molecule has 2 aromatic heterocycles. The van der Waals surface area contributed by atoms with Gasteiger partial charge >= 0.3 is 0 Å². The van der Waals surface area contributed by atoms with Crippen LogP contribution in [0.2, 0.25) is 0 Å². The number of nitrogens with one attached hydrogen (secondary N) is 1. The molecule has 33 heavy (non-hydrogen) atoms. The molecule has 8 heteroatoms. The summed E-state index contributed by atoms with van der Waals surface area (Å²) in [5, 5.41) is 4.73. The normalized spacial score (nSPS) is 11.7. The highest BCUT2D eigenvalue weighted by atomic mass is 32.2. The van der Waals surface area contributed by atoms with Gasteiger partial charge in [0.15, 0.2) is 5.76 Å². The highest BCUT2D eigenvalue weighted by Crippen LogP contribution is 2.34. The SMILES string of the molecule is Cc1cccc(NS(=O)(=O)c2ccc3oc(-c4nc(-c5cccc(C)c5)no4)c(C)c3c2)c1. The molecular weight excluding hydrogens is 438 g/mol. The van der Waals surface area contributed by atoms with Crippen LogP contribution in [0.5, 0.6) is 0 Å². The number of anilines is 1. The van der Waals surface area contributed by atoms with E-state index in [1.54, 1.807) is 30.3 Å². The van der Waals surface area contributed by atoms with Crippen LogP contribution < -0.4 is 4.72 Å². The summed E-state index contributed by atoms with van der Waals surface area (Å²) in [6.07, 6.45) is 0. The van der Waals surface area contributed by atoms with Crippen molar-refractivity contribution >= 4 is 26.7 Å². The molecule has 0 saturated heterocycles. The lowest BCUT2D eigenvalue weighted by molar-refractivity contribution is 0.419. The Morgan fingerprint density at radius 1 is 0.879 bits per heavy atom. The van der Waals surface area contributed by atoms with Gasteiger partial charge in [-0.05, 0) is 62.7 Å². The summed E-state index contributed by atoms with van der Waals surface area (Å²) in [6, 6.07) is 19.7. The number of aromatic nitrogens is 2. The summed E-state index contributed by atoms with van der Waals surface area (Å²) in [6.45, 7) is 5.73. The Hall–Kier alpha value is -3.91. The molecule has 7 nitrogen and oxygen atoms in total. The minimum Gasteiger partial charge on any atom is -0.451 e. The maximum absolute atomic E-state index is 12.9. The zero-order valence-electron chi connectivity index (χ0n) is 18.3. The summed E-state index contributed by atoms with van der Waals surface area (Å²) in [5.41, 5.74) is 4.66. The average molecular weight is 460 g/mol. The van der Waals surface area contributed by atoms with Gasteiger partial charge in [0.1, 0.15) is 5.58 Å². The number of fused-ring (bicyclic) bond motifs is 1. The molecule has 0 fully saturated rings. The second kappa shape index (κ2) is 7.90. The van der Waals surface area contributed by atoms with Crippen LogP contribution in [0.15, 0.2) is 80.6 Å². The van der Waals surface area contributed by atoms with E-state index in [9.17, 15) is 8.42 Å². The standard InChI is InChI=1S/C25H21N3O4S/c1-15-6-4-8-18(12-15)24-26-25(32-27-24)23-17(3)21-14-20(10-11-22(21)31-23)33(29,30)28-19-9-5-7-16(2)13-19/h4-14,28H,1-3H3. The van der Waals surface area contributed by atoms with Crippen LogP contribution in [0.1, 0.15) is 16.7 Å². The van der Waals surface area contributed by atoms with Crippen molar-refractivity contribution in [2.24, 2.45) is 0 Å². The monoisotopic (exact) mass is 459 g/mol. The molecule has 0 aliphatic rings. The molecule has 0 amide bonds. The van der Waals surface area contributed by atoms with Gasteiger partial charge in [0.2, 0.25) is 5.82 Å². The van der Waals surface area contributed by atoms with E-state index in [0.717, 1.165) is 22.3 Å². The Balaban J connectivity index is 1.50. The smallest absolute Gasteiger partial charge is 0.294 e. The zero-order valence-corrected chi connectivity index (χ0v) is 19.1. The predicted octanol–water partition coefficient (Wildman–Crippen LogP) is 5.88. The summed E-state index contributed by atoms with van der Waals surface area (Å²) < 4.78 is 39.9. The Morgan fingerprint density at radius 3 is 2.39 bits per heavy atom. The minimum absolute atomic E-state index is 0.137. The number of benzene rings is 3. The fourth-order valence-electron chi connectivity index (χ4n) is 3.71. The van der Waals surface area contributed by atoms with Crippen molar-refractivity contribution in [3.63, 3.8) is 0 Å². The van der Waals surface area contributed by atoms with Crippen LogP contribution in [-0.4, -0.2) is 18.6 Å². The molecule has 0 aliphatic heterocycles. The number of aryl methyl sites for hydroxylation is 3. The first-order valence-corrected chi connectivity index (χ1v) is 11.8. The first-order chi connectivity index (χ1) is 15.8. The van der Waals surface area contributed by atoms with Crippen molar-refractivity contribution < 1.29 is 17.4 Å². The Labute approximate surface area is 191 Å². The van der Waals surface area contributed by atoms with Gasteiger partial charge in [-0.25, -0.2) is 8.42 Å². The van der Waals surface area contributed by atoms with E-state index < -0.39 is 10.0 Å². The van der Waals surface area contributed by atoms with Gasteiger partial charge in [-0.2, -0.15) is 4.98 Å². The highest BCUT2D eigenvalue weighted by Gasteiger charge is 2.22. The summed E-state index contributed by atoms with van der Waals surface area (Å²) >= 11 is 0. The summed E-state index contributed by atoms with van der Waals surface area (Å²) in [5.74, 6) is 1.11. The quantitative estimate of drug-likeness (QED) is 0.353. The summed E-state index contributed by atoms with van der Waals surface area (Å²) in [4.78, 5) is 4.62. The van der Waals surface area contributed by atoms with E-state index in [1.165, 1.54) is 6.07 Å². The second-order valence-electron chi connectivity index (χ2n) is 7.98. The largest absolute Gasteiger partial charge is 0.451 e.